The molecule has 0 fully saturated rings. The maximum Gasteiger partial charge on any atom is 0.416 e. The number of hydrazine groups is 2. The second-order valence-electron chi connectivity index (χ2n) is 8.56. The number of carbonyl (C=O) groups is 1. The Balaban J connectivity index is 1.95. The third-order valence-electron chi connectivity index (χ3n) is 5.56. The predicted octanol–water partition coefficient (Wildman–Crippen LogP) is 4.14. The monoisotopic (exact) mass is 580 g/mol. The molecule has 15 heteroatoms. The van der Waals surface area contributed by atoms with Crippen LogP contribution in [0.15, 0.2) is 73.1 Å². The van der Waals surface area contributed by atoms with Crippen molar-refractivity contribution in [3.8, 4) is 0 Å². The number of anilines is 2. The van der Waals surface area contributed by atoms with Gasteiger partial charge in [0.2, 0.25) is 0 Å². The first-order valence-electron chi connectivity index (χ1n) is 11.8. The van der Waals surface area contributed by atoms with E-state index in [0.29, 0.717) is 6.54 Å². The molecule has 0 saturated heterocycles. The zero-order valence-corrected chi connectivity index (χ0v) is 21.5. The quantitative estimate of drug-likeness (QED) is 0.151. The van der Waals surface area contributed by atoms with Crippen LogP contribution in [0.5, 0.6) is 0 Å². The summed E-state index contributed by atoms with van der Waals surface area (Å²) < 4.78 is 77.2. The van der Waals surface area contributed by atoms with Crippen LogP contribution in [0.25, 0.3) is 11.4 Å². The molecule has 1 heterocycles. The summed E-state index contributed by atoms with van der Waals surface area (Å²) in [6, 6.07) is 10.7. The van der Waals surface area contributed by atoms with E-state index in [1.807, 2.05) is 0 Å². The second kappa shape index (κ2) is 12.2. The molecule has 41 heavy (non-hydrogen) atoms. The van der Waals surface area contributed by atoms with Crippen LogP contribution in [0, 0.1) is 0 Å². The Morgan fingerprint density at radius 1 is 0.780 bits per heavy atom. The van der Waals surface area contributed by atoms with Crippen LogP contribution in [0.2, 0.25) is 0 Å². The lowest BCUT2D eigenvalue weighted by molar-refractivity contribution is -0.138. The number of nitrogens with one attached hydrogen (secondary N) is 1. The average Bonchev–Trinajstić information content (AvgIpc) is 2.92. The first-order valence-corrected chi connectivity index (χ1v) is 11.8. The van der Waals surface area contributed by atoms with E-state index in [2.05, 4.69) is 10.3 Å². The maximum atomic E-state index is 12.9. The van der Waals surface area contributed by atoms with Crippen LogP contribution in [0.3, 0.4) is 0 Å². The topological polar surface area (TPSA) is 153 Å². The summed E-state index contributed by atoms with van der Waals surface area (Å²) in [6.07, 6.45) is -6.67. The van der Waals surface area contributed by atoms with Gasteiger partial charge in [-0.2, -0.15) is 26.3 Å². The number of nitrogens with zero attached hydrogens (tertiary/aromatic N) is 3. The minimum absolute atomic E-state index is 0.0422. The lowest BCUT2D eigenvalue weighted by atomic mass is 10.1. The smallest absolute Gasteiger partial charge is 0.396 e. The van der Waals surface area contributed by atoms with Gasteiger partial charge in [-0.15, -0.1) is 0 Å². The third-order valence-corrected chi connectivity index (χ3v) is 5.56. The molecule has 1 aromatic heterocycles. The van der Waals surface area contributed by atoms with Crippen LogP contribution in [0.1, 0.15) is 39.8 Å². The van der Waals surface area contributed by atoms with Crippen LogP contribution in [-0.2, 0) is 12.4 Å². The molecular formula is C26H26F6N8O. The fourth-order valence-electron chi connectivity index (χ4n) is 3.45. The first kappa shape index (κ1) is 30.8. The van der Waals surface area contributed by atoms with Crippen LogP contribution >= 0.6 is 0 Å². The molecule has 0 unspecified atom stereocenters. The maximum absolute atomic E-state index is 12.9. The predicted molar refractivity (Wildman–Crippen MR) is 143 cm³/mol. The van der Waals surface area contributed by atoms with E-state index in [1.54, 1.807) is 6.92 Å². The van der Waals surface area contributed by atoms with E-state index in [4.69, 9.17) is 23.2 Å². The van der Waals surface area contributed by atoms with Crippen LogP contribution < -0.4 is 38.5 Å². The van der Waals surface area contributed by atoms with Crippen molar-refractivity contribution in [3.05, 3.63) is 101 Å². The molecule has 3 rings (SSSR count). The highest BCUT2D eigenvalue weighted by Gasteiger charge is 2.31. The summed E-state index contributed by atoms with van der Waals surface area (Å²) in [5, 5.41) is 4.57. The Kier molecular flexibility index (Phi) is 9.14. The molecular weight excluding hydrogens is 554 g/mol. The molecule has 0 aliphatic carbocycles. The molecule has 2 aromatic carbocycles. The summed E-state index contributed by atoms with van der Waals surface area (Å²) in [4.78, 5) is 16.9. The fourth-order valence-corrected chi connectivity index (χ4v) is 3.45. The molecule has 1 amide bonds. The van der Waals surface area contributed by atoms with E-state index >= 15 is 0 Å². The molecule has 0 aliphatic heterocycles. The van der Waals surface area contributed by atoms with Gasteiger partial charge in [0.25, 0.3) is 5.91 Å². The molecule has 0 spiro atoms. The minimum atomic E-state index is -4.52. The summed E-state index contributed by atoms with van der Waals surface area (Å²) in [7, 11) is 0. The number of alkyl halides is 6. The molecule has 0 bridgehead atoms. The fraction of sp³-hybridized carbons (Fsp3) is 0.154. The summed E-state index contributed by atoms with van der Waals surface area (Å²) in [5.74, 6) is 11.4. The van der Waals surface area contributed by atoms with Crippen molar-refractivity contribution in [2.45, 2.75) is 19.3 Å². The van der Waals surface area contributed by atoms with Gasteiger partial charge in [0, 0.05) is 24.5 Å². The van der Waals surface area contributed by atoms with Crippen LogP contribution in [0.4, 0.5) is 37.7 Å². The highest BCUT2D eigenvalue weighted by molar-refractivity contribution is 5.95. The molecule has 9 N–H and O–H groups in total. The molecule has 0 saturated carbocycles. The SMILES string of the molecule is CCNC(=O)c1cc(/C(N)=C/N(N)c2ccc(C(F)(F)F)cc2)nc(/C(N)=C/N(N)c2ccc(C(F)(F)F)cc2)c1. The van der Waals surface area contributed by atoms with Crippen molar-refractivity contribution in [2.75, 3.05) is 16.6 Å². The molecule has 218 valence electrons. The Morgan fingerprint density at radius 2 is 1.15 bits per heavy atom. The molecule has 0 radical (unpaired) electrons. The highest BCUT2D eigenvalue weighted by Crippen LogP contribution is 2.31. The van der Waals surface area contributed by atoms with E-state index < -0.39 is 29.4 Å². The van der Waals surface area contributed by atoms with Gasteiger partial charge in [-0.1, -0.05) is 0 Å². The van der Waals surface area contributed by atoms with Crippen molar-refractivity contribution < 1.29 is 31.1 Å². The molecule has 0 aliphatic rings. The Bertz CT molecular complexity index is 1340. The average molecular weight is 581 g/mol. The van der Waals surface area contributed by atoms with Gasteiger partial charge < -0.3 is 16.8 Å². The third kappa shape index (κ3) is 7.89. The van der Waals surface area contributed by atoms with Gasteiger partial charge >= 0.3 is 12.4 Å². The number of nitrogens with two attached hydrogens (primary N) is 4. The van der Waals surface area contributed by atoms with Crippen molar-refractivity contribution in [3.63, 3.8) is 0 Å². The van der Waals surface area contributed by atoms with Crippen LogP contribution in [-0.4, -0.2) is 17.4 Å². The van der Waals surface area contributed by atoms with E-state index in [0.717, 1.165) is 58.5 Å². The van der Waals surface area contributed by atoms with E-state index in [9.17, 15) is 31.1 Å². The number of halogens is 6. The number of amides is 1. The molecule has 9 nitrogen and oxygen atoms in total. The van der Waals surface area contributed by atoms with Gasteiger partial charge in [0.15, 0.2) is 0 Å². The van der Waals surface area contributed by atoms with Crippen molar-refractivity contribution in [1.29, 1.82) is 0 Å². The number of aromatic nitrogens is 1. The van der Waals surface area contributed by atoms with Crippen molar-refractivity contribution in [2.24, 2.45) is 23.2 Å². The number of carbonyl (C=O) groups excluding carboxylic acids is 1. The van der Waals surface area contributed by atoms with E-state index in [-0.39, 0.29) is 39.7 Å². The Morgan fingerprint density at radius 3 is 1.46 bits per heavy atom. The van der Waals surface area contributed by atoms with Gasteiger partial charge in [0.1, 0.15) is 0 Å². The van der Waals surface area contributed by atoms with Gasteiger partial charge in [-0.25, -0.2) is 16.7 Å². The molecule has 3 aromatic rings. The normalized spacial score (nSPS) is 12.7. The van der Waals surface area contributed by atoms with Gasteiger partial charge in [-0.3, -0.25) is 14.8 Å². The lowest BCUT2D eigenvalue weighted by Crippen LogP contribution is -2.27. The number of rotatable bonds is 8. The lowest BCUT2D eigenvalue weighted by Gasteiger charge is -2.18. The van der Waals surface area contributed by atoms with E-state index in [1.165, 1.54) is 24.5 Å². The second-order valence-corrected chi connectivity index (χ2v) is 8.56. The van der Waals surface area contributed by atoms with Crippen molar-refractivity contribution in [1.82, 2.24) is 10.3 Å². The summed E-state index contributed by atoms with van der Waals surface area (Å²) in [5.41, 5.74) is 11.0. The van der Waals surface area contributed by atoms with Gasteiger partial charge in [-0.05, 0) is 67.6 Å². The largest absolute Gasteiger partial charge is 0.416 e. The zero-order chi connectivity index (χ0) is 30.5. The summed E-state index contributed by atoms with van der Waals surface area (Å²) in [6.45, 7) is 2.01. The standard InChI is InChI=1S/C26H26F6N8O/c1-2-37-24(41)15-11-22(20(33)13-39(35)18-7-3-16(4-8-18)25(27,28)29)38-23(12-15)21(34)14-40(36)19-9-5-17(6-10-19)26(30,31)32/h3-14H,2,33-36H2,1H3,(H,37,41)/b20-13-,21-14-. The highest BCUT2D eigenvalue weighted by atomic mass is 19.4. The molecule has 0 atom stereocenters. The van der Waals surface area contributed by atoms with Crippen molar-refractivity contribution >= 4 is 28.7 Å². The number of hydrogen-bond donors (Lipinski definition) is 5. The number of hydrogen-bond acceptors (Lipinski definition) is 8. The zero-order valence-electron chi connectivity index (χ0n) is 21.5. The Hall–Kier alpha value is -4.76. The Labute approximate surface area is 230 Å². The number of pyridine rings is 1. The number of benzene rings is 2. The summed E-state index contributed by atoms with van der Waals surface area (Å²) >= 11 is 0. The van der Waals surface area contributed by atoms with Gasteiger partial charge in [0.05, 0.1) is 45.3 Å². The minimum Gasteiger partial charge on any atom is -0.396 e. The first-order chi connectivity index (χ1) is 19.1.